The fourth-order valence-corrected chi connectivity index (χ4v) is 4.04. The van der Waals surface area contributed by atoms with Gasteiger partial charge in [0.05, 0.1) is 5.69 Å². The third-order valence-corrected chi connectivity index (χ3v) is 5.69. The molecule has 1 saturated heterocycles. The standard InChI is InChI=1S/C22H29N3O4/c1-15-18(16(2)29-23-15)13-24-8-10-25(11-9-24)20(26)14-27-19-7-5-6-17-12-22(3,4)28-21(17)19/h5-7H,8-14H2,1-4H3. The molecular weight excluding hydrogens is 370 g/mol. The zero-order chi connectivity index (χ0) is 20.6. The molecule has 1 amide bonds. The average Bonchev–Trinajstić information content (AvgIpc) is 3.18. The molecule has 1 aromatic carbocycles. The van der Waals surface area contributed by atoms with Crippen LogP contribution in [0.25, 0.3) is 0 Å². The molecule has 4 rings (SSSR count). The Kier molecular flexibility index (Phi) is 5.25. The van der Waals surface area contributed by atoms with Gasteiger partial charge in [0.2, 0.25) is 0 Å². The molecule has 156 valence electrons. The summed E-state index contributed by atoms with van der Waals surface area (Å²) in [6.07, 6.45) is 0.848. The molecule has 0 bridgehead atoms. The summed E-state index contributed by atoms with van der Waals surface area (Å²) in [5, 5.41) is 4.02. The van der Waals surface area contributed by atoms with Crippen LogP contribution in [0.5, 0.6) is 11.5 Å². The van der Waals surface area contributed by atoms with Crippen LogP contribution in [0.3, 0.4) is 0 Å². The van der Waals surface area contributed by atoms with Crippen molar-refractivity contribution >= 4 is 5.91 Å². The average molecular weight is 399 g/mol. The van der Waals surface area contributed by atoms with Crippen molar-refractivity contribution in [3.63, 3.8) is 0 Å². The van der Waals surface area contributed by atoms with Crippen molar-refractivity contribution < 1.29 is 18.8 Å². The lowest BCUT2D eigenvalue weighted by molar-refractivity contribution is -0.135. The van der Waals surface area contributed by atoms with Gasteiger partial charge in [-0.15, -0.1) is 0 Å². The number of ether oxygens (including phenoxy) is 2. The van der Waals surface area contributed by atoms with E-state index in [1.165, 1.54) is 0 Å². The summed E-state index contributed by atoms with van der Waals surface area (Å²) >= 11 is 0. The van der Waals surface area contributed by atoms with Crippen LogP contribution in [0.2, 0.25) is 0 Å². The molecule has 2 aliphatic heterocycles. The Bertz CT molecular complexity index is 878. The molecule has 2 aliphatic rings. The maximum absolute atomic E-state index is 12.6. The van der Waals surface area contributed by atoms with Crippen molar-refractivity contribution in [1.82, 2.24) is 15.0 Å². The molecule has 29 heavy (non-hydrogen) atoms. The summed E-state index contributed by atoms with van der Waals surface area (Å²) in [4.78, 5) is 16.9. The fraction of sp³-hybridized carbons (Fsp3) is 0.545. The van der Waals surface area contributed by atoms with Gasteiger partial charge in [0.1, 0.15) is 11.4 Å². The molecule has 1 fully saturated rings. The van der Waals surface area contributed by atoms with E-state index >= 15 is 0 Å². The Balaban J connectivity index is 1.29. The van der Waals surface area contributed by atoms with Crippen LogP contribution < -0.4 is 9.47 Å². The number of piperazine rings is 1. The van der Waals surface area contributed by atoms with Gasteiger partial charge in [0, 0.05) is 50.3 Å². The monoisotopic (exact) mass is 399 g/mol. The third kappa shape index (κ3) is 4.24. The second kappa shape index (κ2) is 7.71. The molecule has 7 nitrogen and oxygen atoms in total. The maximum atomic E-state index is 12.6. The molecule has 0 spiro atoms. The number of carbonyl (C=O) groups excluding carboxylic acids is 1. The van der Waals surface area contributed by atoms with Crippen LogP contribution >= 0.6 is 0 Å². The number of aryl methyl sites for hydroxylation is 2. The third-order valence-electron chi connectivity index (χ3n) is 5.69. The van der Waals surface area contributed by atoms with Gasteiger partial charge >= 0.3 is 0 Å². The van der Waals surface area contributed by atoms with Crippen LogP contribution in [0.4, 0.5) is 0 Å². The number of aromatic nitrogens is 1. The first kappa shape index (κ1) is 19.8. The number of hydrogen-bond donors (Lipinski definition) is 0. The van der Waals surface area contributed by atoms with Crippen LogP contribution in [-0.2, 0) is 17.8 Å². The number of hydrogen-bond acceptors (Lipinski definition) is 6. The Hall–Kier alpha value is -2.54. The first-order chi connectivity index (χ1) is 13.8. The summed E-state index contributed by atoms with van der Waals surface area (Å²) in [5.74, 6) is 2.31. The number of rotatable bonds is 5. The number of carbonyl (C=O) groups is 1. The molecule has 0 unspecified atom stereocenters. The molecule has 3 heterocycles. The first-order valence-corrected chi connectivity index (χ1v) is 10.2. The van der Waals surface area contributed by atoms with Crippen molar-refractivity contribution in [3.8, 4) is 11.5 Å². The van der Waals surface area contributed by atoms with E-state index in [2.05, 4.69) is 30.0 Å². The predicted octanol–water partition coefficient (Wildman–Crippen LogP) is 2.73. The minimum atomic E-state index is -0.233. The zero-order valence-corrected chi connectivity index (χ0v) is 17.7. The Morgan fingerprint density at radius 2 is 1.97 bits per heavy atom. The first-order valence-electron chi connectivity index (χ1n) is 10.2. The van der Waals surface area contributed by atoms with E-state index in [1.807, 2.05) is 30.9 Å². The van der Waals surface area contributed by atoms with Crippen molar-refractivity contribution in [2.45, 2.75) is 46.3 Å². The van der Waals surface area contributed by atoms with E-state index in [0.717, 1.165) is 54.4 Å². The summed E-state index contributed by atoms with van der Waals surface area (Å²) in [6, 6.07) is 5.88. The molecule has 0 N–H and O–H groups in total. The van der Waals surface area contributed by atoms with Crippen molar-refractivity contribution in [2.24, 2.45) is 0 Å². The van der Waals surface area contributed by atoms with Crippen LogP contribution in [-0.4, -0.2) is 59.3 Å². The SMILES string of the molecule is Cc1noc(C)c1CN1CCN(C(=O)COc2cccc3c2OC(C)(C)C3)CC1. The van der Waals surface area contributed by atoms with Gasteiger partial charge < -0.3 is 18.9 Å². The molecule has 1 aromatic heterocycles. The lowest BCUT2D eigenvalue weighted by atomic mass is 10.0. The largest absolute Gasteiger partial charge is 0.483 e. The number of benzene rings is 1. The molecule has 7 heteroatoms. The topological polar surface area (TPSA) is 68.0 Å². The minimum absolute atomic E-state index is 0.0110. The van der Waals surface area contributed by atoms with E-state index < -0.39 is 0 Å². The molecular formula is C22H29N3O4. The summed E-state index contributed by atoms with van der Waals surface area (Å²) in [6.45, 7) is 11.9. The zero-order valence-electron chi connectivity index (χ0n) is 17.7. The smallest absolute Gasteiger partial charge is 0.260 e. The van der Waals surface area contributed by atoms with Crippen molar-refractivity contribution in [3.05, 3.63) is 40.8 Å². The highest BCUT2D eigenvalue weighted by Gasteiger charge is 2.32. The molecule has 0 atom stereocenters. The van der Waals surface area contributed by atoms with Crippen LogP contribution in [0.1, 0.15) is 36.4 Å². The lowest BCUT2D eigenvalue weighted by Gasteiger charge is -2.34. The van der Waals surface area contributed by atoms with Gasteiger partial charge in [0.25, 0.3) is 5.91 Å². The van der Waals surface area contributed by atoms with Crippen molar-refractivity contribution in [2.75, 3.05) is 32.8 Å². The van der Waals surface area contributed by atoms with Gasteiger partial charge in [-0.25, -0.2) is 0 Å². The van der Waals surface area contributed by atoms with Gasteiger partial charge in [0.15, 0.2) is 18.1 Å². The molecule has 0 radical (unpaired) electrons. The minimum Gasteiger partial charge on any atom is -0.483 e. The molecule has 2 aromatic rings. The highest BCUT2D eigenvalue weighted by Crippen LogP contribution is 2.41. The lowest BCUT2D eigenvalue weighted by Crippen LogP contribution is -2.49. The van der Waals surface area contributed by atoms with E-state index in [4.69, 9.17) is 14.0 Å². The second-order valence-corrected chi connectivity index (χ2v) is 8.53. The van der Waals surface area contributed by atoms with E-state index in [9.17, 15) is 4.79 Å². The normalized spacial score (nSPS) is 18.4. The van der Waals surface area contributed by atoms with Crippen molar-refractivity contribution in [1.29, 1.82) is 0 Å². The Morgan fingerprint density at radius 1 is 1.21 bits per heavy atom. The van der Waals surface area contributed by atoms with E-state index in [1.54, 1.807) is 0 Å². The van der Waals surface area contributed by atoms with Gasteiger partial charge in [-0.05, 0) is 33.8 Å². The number of fused-ring (bicyclic) bond motifs is 1. The summed E-state index contributed by atoms with van der Waals surface area (Å²) in [7, 11) is 0. The van der Waals surface area contributed by atoms with Crippen LogP contribution in [0, 0.1) is 13.8 Å². The summed E-state index contributed by atoms with van der Waals surface area (Å²) in [5.41, 5.74) is 2.99. The molecule has 0 aliphatic carbocycles. The van der Waals surface area contributed by atoms with Gasteiger partial charge in [-0.2, -0.15) is 0 Å². The second-order valence-electron chi connectivity index (χ2n) is 8.53. The predicted molar refractivity (Wildman–Crippen MR) is 108 cm³/mol. The highest BCUT2D eigenvalue weighted by molar-refractivity contribution is 5.78. The quantitative estimate of drug-likeness (QED) is 0.770. The highest BCUT2D eigenvalue weighted by atomic mass is 16.5. The Labute approximate surface area is 171 Å². The van der Waals surface area contributed by atoms with E-state index in [0.29, 0.717) is 18.8 Å². The summed E-state index contributed by atoms with van der Waals surface area (Å²) < 4.78 is 17.1. The maximum Gasteiger partial charge on any atom is 0.260 e. The number of para-hydroxylation sites is 1. The number of nitrogens with zero attached hydrogens (tertiary/aromatic N) is 3. The Morgan fingerprint density at radius 3 is 2.66 bits per heavy atom. The molecule has 0 saturated carbocycles. The van der Waals surface area contributed by atoms with Crippen LogP contribution in [0.15, 0.2) is 22.7 Å². The van der Waals surface area contributed by atoms with Gasteiger partial charge in [-0.3, -0.25) is 9.69 Å². The fourth-order valence-electron chi connectivity index (χ4n) is 4.04. The van der Waals surface area contributed by atoms with E-state index in [-0.39, 0.29) is 18.1 Å². The number of amides is 1. The van der Waals surface area contributed by atoms with Gasteiger partial charge in [-0.1, -0.05) is 17.3 Å².